The van der Waals surface area contributed by atoms with Crippen molar-refractivity contribution in [1.29, 1.82) is 0 Å². The molecule has 6 rings (SSSR count). The summed E-state index contributed by atoms with van der Waals surface area (Å²) in [4.78, 5) is 16.5. The van der Waals surface area contributed by atoms with Gasteiger partial charge in [0, 0.05) is 16.1 Å². The molecule has 0 unspecified atom stereocenters. The van der Waals surface area contributed by atoms with Gasteiger partial charge in [0.25, 0.3) is 0 Å². The summed E-state index contributed by atoms with van der Waals surface area (Å²) in [6.07, 6.45) is 3.01. The molecule has 1 aliphatic heterocycles. The molecule has 166 valence electrons. The van der Waals surface area contributed by atoms with Crippen molar-refractivity contribution in [3.05, 3.63) is 142 Å². The third kappa shape index (κ3) is 3.26. The average Bonchev–Trinajstić information content (AvgIpc) is 3.39. The summed E-state index contributed by atoms with van der Waals surface area (Å²) in [7, 11) is 0. The van der Waals surface area contributed by atoms with E-state index in [2.05, 4.69) is 94.8 Å². The lowest BCUT2D eigenvalue weighted by Crippen LogP contribution is -2.42. The normalized spacial score (nSPS) is 21.1. The lowest BCUT2D eigenvalue weighted by atomic mass is 9.69. The smallest absolute Gasteiger partial charge is 0.239 e. The standard InChI is InChI=1S/C31H24BrNO/c32-28-17-9-7-15-25(28)27-19-24(23-13-5-2-6-14-23)20-31(27)26-16-8-10-18-29(26)33(30(31)34)21-22-11-3-1-4-12-22/h1-19,27H,20-21H2/t27-,31+/m1/s1. The van der Waals surface area contributed by atoms with Gasteiger partial charge in [0.2, 0.25) is 5.91 Å². The molecule has 1 amide bonds. The molecule has 0 saturated heterocycles. The number of hydrogen-bond acceptors (Lipinski definition) is 1. The molecular formula is C31H24BrNO. The van der Waals surface area contributed by atoms with Gasteiger partial charge in [-0.15, -0.1) is 0 Å². The van der Waals surface area contributed by atoms with Gasteiger partial charge in [-0.3, -0.25) is 4.79 Å². The largest absolute Gasteiger partial charge is 0.307 e. The van der Waals surface area contributed by atoms with Crippen LogP contribution in [-0.2, 0) is 16.8 Å². The molecule has 0 radical (unpaired) electrons. The lowest BCUT2D eigenvalue weighted by molar-refractivity contribution is -0.123. The average molecular weight is 506 g/mol. The maximum absolute atomic E-state index is 14.5. The summed E-state index contributed by atoms with van der Waals surface area (Å²) >= 11 is 3.79. The number of allylic oxidation sites excluding steroid dienone is 2. The maximum Gasteiger partial charge on any atom is 0.239 e. The zero-order valence-electron chi connectivity index (χ0n) is 18.7. The highest BCUT2D eigenvalue weighted by Crippen LogP contribution is 2.59. The second-order valence-corrected chi connectivity index (χ2v) is 9.95. The van der Waals surface area contributed by atoms with Crippen LogP contribution in [-0.4, -0.2) is 5.91 Å². The number of halogens is 1. The third-order valence-corrected chi connectivity index (χ3v) is 7.96. The second-order valence-electron chi connectivity index (χ2n) is 9.10. The lowest BCUT2D eigenvalue weighted by Gasteiger charge is -2.32. The zero-order valence-corrected chi connectivity index (χ0v) is 20.3. The summed E-state index contributed by atoms with van der Waals surface area (Å²) in [6.45, 7) is 0.571. The quantitative estimate of drug-likeness (QED) is 0.281. The van der Waals surface area contributed by atoms with E-state index in [4.69, 9.17) is 0 Å². The van der Waals surface area contributed by atoms with Crippen LogP contribution < -0.4 is 4.90 Å². The maximum atomic E-state index is 14.5. The fourth-order valence-electron chi connectivity index (χ4n) is 5.69. The number of anilines is 1. The van der Waals surface area contributed by atoms with Crippen LogP contribution in [0.5, 0.6) is 0 Å². The number of hydrogen-bond donors (Lipinski definition) is 0. The van der Waals surface area contributed by atoms with Gasteiger partial charge in [0.05, 0.1) is 12.0 Å². The highest BCUT2D eigenvalue weighted by molar-refractivity contribution is 9.10. The summed E-state index contributed by atoms with van der Waals surface area (Å²) < 4.78 is 1.04. The first-order chi connectivity index (χ1) is 16.7. The first kappa shape index (κ1) is 21.1. The molecule has 2 aliphatic rings. The van der Waals surface area contributed by atoms with E-state index in [0.29, 0.717) is 13.0 Å². The number of carbonyl (C=O) groups is 1. The van der Waals surface area contributed by atoms with Gasteiger partial charge in [-0.2, -0.15) is 0 Å². The zero-order chi connectivity index (χ0) is 23.1. The molecule has 1 spiro atoms. The number of para-hydroxylation sites is 1. The van der Waals surface area contributed by atoms with Crippen LogP contribution in [0, 0.1) is 0 Å². The Kier molecular flexibility index (Phi) is 5.23. The molecule has 0 fully saturated rings. The molecule has 2 atom stereocenters. The highest BCUT2D eigenvalue weighted by Gasteiger charge is 2.58. The summed E-state index contributed by atoms with van der Waals surface area (Å²) in [5.41, 5.74) is 6.18. The van der Waals surface area contributed by atoms with Crippen molar-refractivity contribution in [2.24, 2.45) is 0 Å². The van der Waals surface area contributed by atoms with Gasteiger partial charge in [-0.25, -0.2) is 0 Å². The van der Waals surface area contributed by atoms with Gasteiger partial charge < -0.3 is 4.90 Å². The molecule has 0 bridgehead atoms. The molecule has 1 heterocycles. The van der Waals surface area contributed by atoms with Crippen LogP contribution >= 0.6 is 15.9 Å². The van der Waals surface area contributed by atoms with Crippen LogP contribution in [0.25, 0.3) is 5.57 Å². The topological polar surface area (TPSA) is 20.3 Å². The van der Waals surface area contributed by atoms with Crippen LogP contribution in [0.3, 0.4) is 0 Å². The van der Waals surface area contributed by atoms with Crippen molar-refractivity contribution in [1.82, 2.24) is 0 Å². The van der Waals surface area contributed by atoms with Crippen molar-refractivity contribution in [3.8, 4) is 0 Å². The first-order valence-electron chi connectivity index (χ1n) is 11.6. The van der Waals surface area contributed by atoms with Crippen molar-refractivity contribution in [3.63, 3.8) is 0 Å². The van der Waals surface area contributed by atoms with E-state index >= 15 is 0 Å². The third-order valence-electron chi connectivity index (χ3n) is 7.24. The number of nitrogens with zero attached hydrogens (tertiary/aromatic N) is 1. The molecule has 3 heteroatoms. The minimum atomic E-state index is -0.666. The number of amides is 1. The molecule has 1 aliphatic carbocycles. The Bertz CT molecular complexity index is 1400. The van der Waals surface area contributed by atoms with E-state index in [1.807, 2.05) is 41.3 Å². The van der Waals surface area contributed by atoms with Gasteiger partial charge in [0.1, 0.15) is 0 Å². The predicted octanol–water partition coefficient (Wildman–Crippen LogP) is 7.50. The predicted molar refractivity (Wildman–Crippen MR) is 142 cm³/mol. The SMILES string of the molecule is O=C1N(Cc2ccccc2)c2ccccc2[C@]12CC(c1ccccc1)=C[C@@H]2c1ccccc1Br. The van der Waals surface area contributed by atoms with E-state index in [1.54, 1.807) is 0 Å². The van der Waals surface area contributed by atoms with E-state index < -0.39 is 5.41 Å². The van der Waals surface area contributed by atoms with E-state index in [9.17, 15) is 4.79 Å². The summed E-state index contributed by atoms with van der Waals surface area (Å²) in [5, 5.41) is 0. The number of rotatable bonds is 4. The molecule has 4 aromatic carbocycles. The molecule has 0 N–H and O–H groups in total. The Balaban J connectivity index is 1.53. The van der Waals surface area contributed by atoms with E-state index in [-0.39, 0.29) is 11.8 Å². The monoisotopic (exact) mass is 505 g/mol. The van der Waals surface area contributed by atoms with Crippen molar-refractivity contribution < 1.29 is 4.79 Å². The van der Waals surface area contributed by atoms with Crippen LogP contribution in [0.2, 0.25) is 0 Å². The Morgan fingerprint density at radius 2 is 1.44 bits per heavy atom. The second kappa shape index (κ2) is 8.41. The first-order valence-corrected chi connectivity index (χ1v) is 12.4. The van der Waals surface area contributed by atoms with Gasteiger partial charge in [0.15, 0.2) is 0 Å². The van der Waals surface area contributed by atoms with Crippen LogP contribution in [0.1, 0.15) is 34.6 Å². The van der Waals surface area contributed by atoms with Crippen molar-refractivity contribution >= 4 is 33.1 Å². The molecule has 4 aromatic rings. The van der Waals surface area contributed by atoms with Gasteiger partial charge in [-0.05, 0) is 46.4 Å². The fourth-order valence-corrected chi connectivity index (χ4v) is 6.22. The number of carbonyl (C=O) groups excluding carboxylic acids is 1. The Morgan fingerprint density at radius 3 is 2.21 bits per heavy atom. The Morgan fingerprint density at radius 1 is 0.794 bits per heavy atom. The highest BCUT2D eigenvalue weighted by atomic mass is 79.9. The van der Waals surface area contributed by atoms with Crippen LogP contribution in [0.4, 0.5) is 5.69 Å². The molecular weight excluding hydrogens is 482 g/mol. The summed E-state index contributed by atoms with van der Waals surface area (Å²) in [6, 6.07) is 37.4. The van der Waals surface area contributed by atoms with Crippen LogP contribution in [0.15, 0.2) is 120 Å². The van der Waals surface area contributed by atoms with E-state index in [0.717, 1.165) is 26.9 Å². The number of fused-ring (bicyclic) bond motifs is 2. The molecule has 34 heavy (non-hydrogen) atoms. The minimum absolute atomic E-state index is 0.0623. The van der Waals surface area contributed by atoms with Crippen molar-refractivity contribution in [2.45, 2.75) is 24.3 Å². The van der Waals surface area contributed by atoms with Gasteiger partial charge >= 0.3 is 0 Å². The molecule has 2 nitrogen and oxygen atoms in total. The van der Waals surface area contributed by atoms with Crippen molar-refractivity contribution in [2.75, 3.05) is 4.90 Å². The Labute approximate surface area is 208 Å². The molecule has 0 saturated carbocycles. The Hall–Kier alpha value is -3.43. The molecule has 0 aromatic heterocycles. The van der Waals surface area contributed by atoms with Gasteiger partial charge in [-0.1, -0.05) is 119 Å². The minimum Gasteiger partial charge on any atom is -0.307 e. The van der Waals surface area contributed by atoms with E-state index in [1.165, 1.54) is 11.1 Å². The fraction of sp³-hybridized carbons (Fsp3) is 0.129. The summed E-state index contributed by atoms with van der Waals surface area (Å²) in [5.74, 6) is 0.119. The number of benzene rings is 4.